The quantitative estimate of drug-likeness (QED) is 0.798. The first-order valence-electron chi connectivity index (χ1n) is 7.35. The second kappa shape index (κ2) is 4.05. The van der Waals surface area contributed by atoms with Gasteiger partial charge in [-0.1, -0.05) is 5.21 Å². The van der Waals surface area contributed by atoms with Crippen LogP contribution in [-0.4, -0.2) is 32.5 Å². The second-order valence-corrected chi connectivity index (χ2v) is 6.74. The predicted molar refractivity (Wildman–Crippen MR) is 68.8 cm³/mol. The molecule has 1 aromatic heterocycles. The van der Waals surface area contributed by atoms with Crippen molar-refractivity contribution in [3.63, 3.8) is 0 Å². The van der Waals surface area contributed by atoms with E-state index in [-0.39, 0.29) is 0 Å². The van der Waals surface area contributed by atoms with Gasteiger partial charge < -0.3 is 0 Å². The lowest BCUT2D eigenvalue weighted by Crippen LogP contribution is -2.37. The summed E-state index contributed by atoms with van der Waals surface area (Å²) in [5, 5.41) is 8.31. The summed E-state index contributed by atoms with van der Waals surface area (Å²) in [6.07, 6.45) is 9.44. The van der Waals surface area contributed by atoms with Crippen molar-refractivity contribution in [1.82, 2.24) is 19.9 Å². The molecule has 4 bridgehead atoms. The lowest BCUT2D eigenvalue weighted by molar-refractivity contribution is 0.121. The zero-order chi connectivity index (χ0) is 12.1. The van der Waals surface area contributed by atoms with E-state index in [1.165, 1.54) is 38.6 Å². The zero-order valence-corrected chi connectivity index (χ0v) is 11.1. The summed E-state index contributed by atoms with van der Waals surface area (Å²) in [6.45, 7) is 2.31. The van der Waals surface area contributed by atoms with Crippen molar-refractivity contribution in [2.45, 2.75) is 44.7 Å². The Hall–Kier alpha value is -0.900. The third kappa shape index (κ3) is 1.87. The van der Waals surface area contributed by atoms with Gasteiger partial charge in [0.1, 0.15) is 0 Å². The van der Waals surface area contributed by atoms with E-state index in [1.54, 1.807) is 0 Å². The average Bonchev–Trinajstić information content (AvgIpc) is 2.63. The number of nitrogens with zero attached hydrogens (tertiary/aromatic N) is 4. The van der Waals surface area contributed by atoms with Crippen LogP contribution < -0.4 is 0 Å². The molecule has 4 aliphatic rings. The van der Waals surface area contributed by atoms with Gasteiger partial charge in [-0.2, -0.15) is 0 Å². The number of fused-ring (bicyclic) bond motifs is 1. The van der Waals surface area contributed by atoms with Crippen molar-refractivity contribution in [1.29, 1.82) is 0 Å². The highest BCUT2D eigenvalue weighted by molar-refractivity contribution is 4.99. The smallest absolute Gasteiger partial charge is 0.0967 e. The molecule has 2 unspecified atom stereocenters. The minimum Gasteiger partial charge on any atom is -0.294 e. The van der Waals surface area contributed by atoms with E-state index >= 15 is 0 Å². The van der Waals surface area contributed by atoms with Crippen LogP contribution in [0, 0.1) is 17.8 Å². The van der Waals surface area contributed by atoms with Gasteiger partial charge in [0.2, 0.25) is 0 Å². The van der Waals surface area contributed by atoms with Crippen molar-refractivity contribution in [2.24, 2.45) is 24.8 Å². The van der Waals surface area contributed by atoms with Crippen LogP contribution in [0.4, 0.5) is 0 Å². The molecule has 2 saturated heterocycles. The predicted octanol–water partition coefficient (Wildman–Crippen LogP) is 1.83. The monoisotopic (exact) mass is 246 g/mol. The maximum Gasteiger partial charge on any atom is 0.0967 e. The largest absolute Gasteiger partial charge is 0.294 e. The molecule has 2 aliphatic heterocycles. The van der Waals surface area contributed by atoms with Crippen LogP contribution in [0.3, 0.4) is 0 Å². The van der Waals surface area contributed by atoms with Crippen LogP contribution in [0.15, 0.2) is 6.20 Å². The second-order valence-electron chi connectivity index (χ2n) is 6.74. The van der Waals surface area contributed by atoms with E-state index in [4.69, 9.17) is 0 Å². The molecule has 4 fully saturated rings. The Morgan fingerprint density at radius 3 is 2.50 bits per heavy atom. The SMILES string of the molecule is Cn1cc(CN2CC3CC4CC(C3)CC2C4)nn1. The molecule has 18 heavy (non-hydrogen) atoms. The van der Waals surface area contributed by atoms with Crippen molar-refractivity contribution in [3.05, 3.63) is 11.9 Å². The van der Waals surface area contributed by atoms with Crippen molar-refractivity contribution < 1.29 is 0 Å². The summed E-state index contributed by atoms with van der Waals surface area (Å²) in [4.78, 5) is 2.70. The van der Waals surface area contributed by atoms with Gasteiger partial charge in [-0.05, 0) is 49.9 Å². The Morgan fingerprint density at radius 1 is 1.11 bits per heavy atom. The summed E-state index contributed by atoms with van der Waals surface area (Å²) < 4.78 is 1.82. The lowest BCUT2D eigenvalue weighted by atomic mass is 9.68. The highest BCUT2D eigenvalue weighted by Crippen LogP contribution is 2.47. The van der Waals surface area contributed by atoms with Crippen molar-refractivity contribution in [3.8, 4) is 0 Å². The first-order chi connectivity index (χ1) is 8.76. The van der Waals surface area contributed by atoms with E-state index in [0.29, 0.717) is 0 Å². The summed E-state index contributed by atoms with van der Waals surface area (Å²) in [5.41, 5.74) is 1.14. The van der Waals surface area contributed by atoms with E-state index in [0.717, 1.165) is 36.0 Å². The van der Waals surface area contributed by atoms with E-state index < -0.39 is 0 Å². The molecule has 2 saturated carbocycles. The topological polar surface area (TPSA) is 34.0 Å². The Labute approximate surface area is 108 Å². The average molecular weight is 246 g/mol. The molecule has 5 rings (SSSR count). The van der Waals surface area contributed by atoms with Crippen LogP contribution in [0.5, 0.6) is 0 Å². The fourth-order valence-electron chi connectivity index (χ4n) is 4.75. The highest BCUT2D eigenvalue weighted by atomic mass is 15.4. The molecule has 4 nitrogen and oxygen atoms in total. The van der Waals surface area contributed by atoms with Crippen molar-refractivity contribution >= 4 is 0 Å². The Morgan fingerprint density at radius 2 is 1.83 bits per heavy atom. The summed E-state index contributed by atoms with van der Waals surface area (Å²) in [5.74, 6) is 3.01. The fourth-order valence-corrected chi connectivity index (χ4v) is 4.75. The summed E-state index contributed by atoms with van der Waals surface area (Å²) in [6, 6.07) is 0.822. The Balaban J connectivity index is 1.54. The summed E-state index contributed by atoms with van der Waals surface area (Å²) in [7, 11) is 1.95. The first-order valence-corrected chi connectivity index (χ1v) is 7.35. The number of aromatic nitrogens is 3. The van der Waals surface area contributed by atoms with Gasteiger partial charge in [-0.25, -0.2) is 0 Å². The molecule has 0 radical (unpaired) electrons. The standard InChI is InChI=1S/C14H22N4/c1-17-8-13(15-16-17)9-18-7-12-3-10-2-11(4-12)6-14(18)5-10/h8,10-12,14H,2-7,9H2,1H3. The molecular weight excluding hydrogens is 224 g/mol. The molecule has 98 valence electrons. The Bertz CT molecular complexity index is 427. The number of aryl methyl sites for hydroxylation is 1. The number of rotatable bonds is 2. The lowest BCUT2D eigenvalue weighted by Gasteiger charge is -2.39. The van der Waals surface area contributed by atoms with Crippen molar-refractivity contribution in [2.75, 3.05) is 6.54 Å². The van der Waals surface area contributed by atoms with Gasteiger partial charge in [0.15, 0.2) is 0 Å². The number of hydrogen-bond acceptors (Lipinski definition) is 3. The van der Waals surface area contributed by atoms with Gasteiger partial charge in [0, 0.05) is 32.4 Å². The molecule has 3 heterocycles. The maximum atomic E-state index is 4.26. The van der Waals surface area contributed by atoms with Crippen LogP contribution >= 0.6 is 0 Å². The molecule has 1 aromatic rings. The third-order valence-corrected chi connectivity index (χ3v) is 5.24. The highest BCUT2D eigenvalue weighted by Gasteiger charge is 2.42. The van der Waals surface area contributed by atoms with E-state index in [1.807, 2.05) is 11.7 Å². The molecule has 4 heteroatoms. The fraction of sp³-hybridized carbons (Fsp3) is 0.857. The van der Waals surface area contributed by atoms with Crippen LogP contribution in [-0.2, 0) is 13.6 Å². The van der Waals surface area contributed by atoms with Crippen LogP contribution in [0.1, 0.15) is 37.8 Å². The molecule has 0 spiro atoms. The zero-order valence-electron chi connectivity index (χ0n) is 11.1. The van der Waals surface area contributed by atoms with E-state index in [2.05, 4.69) is 21.4 Å². The van der Waals surface area contributed by atoms with Gasteiger partial charge in [0.25, 0.3) is 0 Å². The molecule has 0 aromatic carbocycles. The molecule has 0 amide bonds. The van der Waals surface area contributed by atoms with Crippen LogP contribution in [0.2, 0.25) is 0 Å². The Kier molecular flexibility index (Phi) is 2.47. The van der Waals surface area contributed by atoms with Gasteiger partial charge >= 0.3 is 0 Å². The normalized spacial score (nSPS) is 39.2. The van der Waals surface area contributed by atoms with Gasteiger partial charge in [-0.3, -0.25) is 9.58 Å². The molecule has 0 N–H and O–H groups in total. The molecule has 2 aliphatic carbocycles. The van der Waals surface area contributed by atoms with Gasteiger partial charge in [-0.15, -0.1) is 5.10 Å². The van der Waals surface area contributed by atoms with Gasteiger partial charge in [0.05, 0.1) is 5.69 Å². The maximum absolute atomic E-state index is 4.26. The minimum absolute atomic E-state index is 0.822. The van der Waals surface area contributed by atoms with E-state index in [9.17, 15) is 0 Å². The minimum atomic E-state index is 0.822. The summed E-state index contributed by atoms with van der Waals surface area (Å²) >= 11 is 0. The first kappa shape index (κ1) is 11.0. The molecule has 2 atom stereocenters. The molecular formula is C14H22N4. The van der Waals surface area contributed by atoms with Crippen LogP contribution in [0.25, 0.3) is 0 Å². The third-order valence-electron chi connectivity index (χ3n) is 5.24. The number of hydrogen-bond donors (Lipinski definition) is 0.